The van der Waals surface area contributed by atoms with E-state index in [2.05, 4.69) is 15.3 Å². The highest BCUT2D eigenvalue weighted by molar-refractivity contribution is 7.21. The summed E-state index contributed by atoms with van der Waals surface area (Å²) in [4.78, 5) is 26.1. The monoisotopic (exact) mass is 458 g/mol. The van der Waals surface area contributed by atoms with Crippen molar-refractivity contribution in [3.63, 3.8) is 0 Å². The molecule has 2 heterocycles. The summed E-state index contributed by atoms with van der Waals surface area (Å²) in [6, 6.07) is 10.9. The number of thiophene rings is 1. The first kappa shape index (κ1) is 20.5. The van der Waals surface area contributed by atoms with Crippen LogP contribution in [0.2, 0.25) is 10.0 Å². The molecule has 1 N–H and O–H groups in total. The molecule has 0 aliphatic rings. The van der Waals surface area contributed by atoms with E-state index in [0.29, 0.717) is 21.8 Å². The minimum Gasteiger partial charge on any atom is -0.290 e. The van der Waals surface area contributed by atoms with Crippen LogP contribution >= 0.6 is 34.5 Å². The summed E-state index contributed by atoms with van der Waals surface area (Å²) in [6.07, 6.45) is 0. The summed E-state index contributed by atoms with van der Waals surface area (Å²) in [5.74, 6) is -0.557. The molecule has 0 unspecified atom stereocenters. The van der Waals surface area contributed by atoms with Crippen molar-refractivity contribution in [1.29, 1.82) is 0 Å². The molecule has 152 valence electrons. The molecule has 0 aliphatic heterocycles. The van der Waals surface area contributed by atoms with Crippen molar-refractivity contribution in [3.05, 3.63) is 78.5 Å². The van der Waals surface area contributed by atoms with Crippen LogP contribution in [-0.2, 0) is 0 Å². The molecule has 0 saturated carbocycles. The Morgan fingerprint density at radius 2 is 1.87 bits per heavy atom. The maximum absolute atomic E-state index is 13.0. The molecule has 30 heavy (non-hydrogen) atoms. The lowest BCUT2D eigenvalue weighted by Crippen LogP contribution is -2.24. The number of benzene rings is 2. The number of rotatable bonds is 3. The van der Waals surface area contributed by atoms with Gasteiger partial charge in [-0.1, -0.05) is 35.3 Å². The lowest BCUT2D eigenvalue weighted by molar-refractivity contribution is 0.0945. The molecule has 0 aliphatic carbocycles. The van der Waals surface area contributed by atoms with E-state index in [-0.39, 0.29) is 15.6 Å². The molecule has 2 aromatic carbocycles. The van der Waals surface area contributed by atoms with E-state index in [1.807, 2.05) is 32.0 Å². The van der Waals surface area contributed by atoms with Crippen LogP contribution in [-0.4, -0.2) is 15.7 Å². The Kier molecular flexibility index (Phi) is 5.36. The second-order valence-electron chi connectivity index (χ2n) is 6.84. The van der Waals surface area contributed by atoms with E-state index < -0.39 is 11.5 Å². The zero-order valence-electron chi connectivity index (χ0n) is 16.3. The Balaban J connectivity index is 1.74. The summed E-state index contributed by atoms with van der Waals surface area (Å²) in [5, 5.41) is 12.6. The van der Waals surface area contributed by atoms with Gasteiger partial charge in [0.25, 0.3) is 5.91 Å². The number of aryl methyl sites for hydroxylation is 2. The fraction of sp³-hybridized carbons (Fsp3) is 0.143. The van der Waals surface area contributed by atoms with Gasteiger partial charge in [0.1, 0.15) is 4.88 Å². The van der Waals surface area contributed by atoms with Gasteiger partial charge < -0.3 is 0 Å². The van der Waals surface area contributed by atoms with Crippen molar-refractivity contribution < 1.29 is 4.79 Å². The van der Waals surface area contributed by atoms with Crippen molar-refractivity contribution in [3.8, 4) is 0 Å². The van der Waals surface area contributed by atoms with Crippen LogP contribution in [0.5, 0.6) is 0 Å². The molecule has 9 heteroatoms. The number of nitrogens with zero attached hydrogens (tertiary/aromatic N) is 3. The quantitative estimate of drug-likeness (QED) is 0.345. The molecule has 0 atom stereocenters. The van der Waals surface area contributed by atoms with E-state index >= 15 is 0 Å². The largest absolute Gasteiger partial charge is 0.302 e. The first-order valence-electron chi connectivity index (χ1n) is 8.99. The lowest BCUT2D eigenvalue weighted by atomic mass is 10.1. The maximum atomic E-state index is 13.0. The van der Waals surface area contributed by atoms with E-state index in [1.54, 1.807) is 25.1 Å². The molecule has 2 aromatic heterocycles. The number of azo groups is 1. The molecule has 6 nitrogen and oxygen atoms in total. The van der Waals surface area contributed by atoms with E-state index in [4.69, 9.17) is 23.2 Å². The highest BCUT2D eigenvalue weighted by Gasteiger charge is 2.23. The Bertz CT molecular complexity index is 1400. The molecule has 0 amide bonds. The van der Waals surface area contributed by atoms with Crippen molar-refractivity contribution in [2.75, 3.05) is 0 Å². The number of fused-ring (bicyclic) bond motifs is 1. The van der Waals surface area contributed by atoms with Crippen molar-refractivity contribution in [1.82, 2.24) is 9.78 Å². The average molecular weight is 459 g/mol. The van der Waals surface area contributed by atoms with Crippen LogP contribution in [0.4, 0.5) is 11.4 Å². The summed E-state index contributed by atoms with van der Waals surface area (Å²) in [5.41, 5.74) is 2.63. The minimum absolute atomic E-state index is 0.0736. The Morgan fingerprint density at radius 1 is 1.10 bits per heavy atom. The molecular weight excluding hydrogens is 443 g/mol. The Hall–Kier alpha value is -2.74. The van der Waals surface area contributed by atoms with Gasteiger partial charge in [0.05, 0.1) is 16.4 Å². The SMILES string of the molecule is Cc1cccc(N=Nc2c(C)[nH]n(C(=O)c3sc4ccc(Cl)cc4c3Cl)c2=O)c1C. The third-order valence-electron chi connectivity index (χ3n) is 4.86. The fourth-order valence-corrected chi connectivity index (χ4v) is 4.61. The first-order chi connectivity index (χ1) is 14.3. The third-order valence-corrected chi connectivity index (χ3v) is 6.76. The number of carbonyl (C=O) groups excluding carboxylic acids is 1. The number of nitrogens with one attached hydrogen (secondary N) is 1. The van der Waals surface area contributed by atoms with Gasteiger partial charge in [0.15, 0.2) is 5.69 Å². The zero-order chi connectivity index (χ0) is 21.6. The number of aromatic amines is 1. The number of hydrogen-bond acceptors (Lipinski definition) is 5. The van der Waals surface area contributed by atoms with Gasteiger partial charge in [0, 0.05) is 15.1 Å². The van der Waals surface area contributed by atoms with Gasteiger partial charge in [-0.25, -0.2) is 0 Å². The topological polar surface area (TPSA) is 79.6 Å². The number of H-pyrrole nitrogens is 1. The second-order valence-corrected chi connectivity index (χ2v) is 8.70. The van der Waals surface area contributed by atoms with E-state index in [9.17, 15) is 9.59 Å². The lowest BCUT2D eigenvalue weighted by Gasteiger charge is -2.01. The third kappa shape index (κ3) is 3.49. The second kappa shape index (κ2) is 7.83. The predicted molar refractivity (Wildman–Crippen MR) is 121 cm³/mol. The normalized spacial score (nSPS) is 11.6. The molecule has 4 rings (SSSR count). The van der Waals surface area contributed by atoms with E-state index in [0.717, 1.165) is 20.5 Å². The molecule has 0 radical (unpaired) electrons. The van der Waals surface area contributed by atoms with Crippen LogP contribution in [0.1, 0.15) is 26.5 Å². The molecule has 0 fully saturated rings. The fourth-order valence-electron chi connectivity index (χ4n) is 3.03. The molecule has 0 bridgehead atoms. The van der Waals surface area contributed by atoms with Crippen LogP contribution in [0.15, 0.2) is 51.4 Å². The standard InChI is InChI=1S/C21H16Cl2N4O2S/c1-10-5-4-6-15(11(10)2)24-25-18-12(3)26-27(20(18)28)21(29)19-17(23)14-9-13(22)7-8-16(14)30-19/h4-9,26H,1-3H3. The molecule has 0 spiro atoms. The van der Waals surface area contributed by atoms with Crippen molar-refractivity contribution in [2.24, 2.45) is 10.2 Å². The van der Waals surface area contributed by atoms with Crippen LogP contribution in [0.3, 0.4) is 0 Å². The zero-order valence-corrected chi connectivity index (χ0v) is 18.6. The van der Waals surface area contributed by atoms with Gasteiger partial charge in [-0.05, 0) is 56.2 Å². The highest BCUT2D eigenvalue weighted by atomic mass is 35.5. The summed E-state index contributed by atoms with van der Waals surface area (Å²) in [6.45, 7) is 5.57. The summed E-state index contributed by atoms with van der Waals surface area (Å²) < 4.78 is 1.71. The number of aromatic nitrogens is 2. The highest BCUT2D eigenvalue weighted by Crippen LogP contribution is 2.37. The molecule has 4 aromatic rings. The molecular formula is C21H16Cl2N4O2S. The van der Waals surface area contributed by atoms with Gasteiger partial charge in [-0.2, -0.15) is 9.80 Å². The Morgan fingerprint density at radius 3 is 2.63 bits per heavy atom. The maximum Gasteiger partial charge on any atom is 0.302 e. The number of carbonyl (C=O) groups is 1. The van der Waals surface area contributed by atoms with Crippen LogP contribution in [0, 0.1) is 20.8 Å². The van der Waals surface area contributed by atoms with Crippen LogP contribution in [0.25, 0.3) is 10.1 Å². The predicted octanol–water partition coefficient (Wildman–Crippen LogP) is 6.73. The van der Waals surface area contributed by atoms with E-state index in [1.165, 1.54) is 11.3 Å². The summed E-state index contributed by atoms with van der Waals surface area (Å²) >= 11 is 13.6. The van der Waals surface area contributed by atoms with Crippen LogP contribution < -0.4 is 5.56 Å². The first-order valence-corrected chi connectivity index (χ1v) is 10.6. The number of hydrogen-bond donors (Lipinski definition) is 1. The minimum atomic E-state index is -0.585. The van der Waals surface area contributed by atoms with Gasteiger partial charge >= 0.3 is 5.56 Å². The van der Waals surface area contributed by atoms with Gasteiger partial charge in [-0.15, -0.1) is 16.5 Å². The molecule has 0 saturated heterocycles. The van der Waals surface area contributed by atoms with Gasteiger partial charge in [-0.3, -0.25) is 14.7 Å². The van der Waals surface area contributed by atoms with Gasteiger partial charge in [0.2, 0.25) is 0 Å². The average Bonchev–Trinajstić information content (AvgIpc) is 3.19. The smallest absolute Gasteiger partial charge is 0.290 e. The Labute approximate surface area is 185 Å². The van der Waals surface area contributed by atoms with Crippen molar-refractivity contribution in [2.45, 2.75) is 20.8 Å². The van der Waals surface area contributed by atoms with Crippen molar-refractivity contribution >= 4 is 61.9 Å². The number of halogens is 2. The summed E-state index contributed by atoms with van der Waals surface area (Å²) in [7, 11) is 0.